The third-order valence-corrected chi connectivity index (χ3v) is 5.85. The minimum atomic E-state index is -3.48. The van der Waals surface area contributed by atoms with Gasteiger partial charge in [0.1, 0.15) is 0 Å². The second-order valence-electron chi connectivity index (χ2n) is 5.15. The Bertz CT molecular complexity index is 730. The Labute approximate surface area is 131 Å². The van der Waals surface area contributed by atoms with Crippen molar-refractivity contribution in [2.75, 3.05) is 13.1 Å². The summed E-state index contributed by atoms with van der Waals surface area (Å²) in [6, 6.07) is 0.242. The van der Waals surface area contributed by atoms with E-state index in [1.165, 1.54) is 16.8 Å². The summed E-state index contributed by atoms with van der Waals surface area (Å²) in [5.41, 5.74) is 0. The van der Waals surface area contributed by atoms with Crippen molar-refractivity contribution in [2.45, 2.75) is 23.9 Å². The van der Waals surface area contributed by atoms with Gasteiger partial charge in [0.25, 0.3) is 10.0 Å². The summed E-state index contributed by atoms with van der Waals surface area (Å²) in [5, 5.41) is 4.39. The Morgan fingerprint density at radius 3 is 2.52 bits per heavy atom. The van der Waals surface area contributed by atoms with Crippen molar-refractivity contribution < 1.29 is 8.42 Å². The summed E-state index contributed by atoms with van der Waals surface area (Å²) >= 11 is 3.38. The number of imidazole rings is 1. The molecule has 2 aromatic heterocycles. The van der Waals surface area contributed by atoms with Crippen LogP contribution in [0.3, 0.4) is 0 Å². The fourth-order valence-corrected chi connectivity index (χ4v) is 4.25. The van der Waals surface area contributed by atoms with Crippen LogP contribution in [0.25, 0.3) is 0 Å². The molecule has 1 aliphatic rings. The van der Waals surface area contributed by atoms with E-state index in [9.17, 15) is 8.42 Å². The molecule has 7 nitrogen and oxygen atoms in total. The molecule has 0 spiro atoms. The van der Waals surface area contributed by atoms with E-state index in [1.54, 1.807) is 17.8 Å². The average molecular weight is 374 g/mol. The lowest BCUT2D eigenvalue weighted by Crippen LogP contribution is -2.39. The number of nitrogens with zero attached hydrogens (tertiary/aromatic N) is 5. The monoisotopic (exact) mass is 373 g/mol. The highest BCUT2D eigenvalue weighted by Gasteiger charge is 2.31. The minimum absolute atomic E-state index is 0.116. The van der Waals surface area contributed by atoms with Crippen molar-refractivity contribution in [3.05, 3.63) is 29.4 Å². The normalized spacial score (nSPS) is 18.2. The number of aryl methyl sites for hydroxylation is 1. The van der Waals surface area contributed by atoms with Crippen molar-refractivity contribution in [1.29, 1.82) is 0 Å². The standard InChI is InChI=1S/C12H16BrN5O2S/c1-16-8-12(14-9-16)21(19,20)17-4-2-11(3-5-17)18-7-10(13)6-15-18/h6-9,11H,2-5H2,1H3. The summed E-state index contributed by atoms with van der Waals surface area (Å²) in [4.78, 5) is 3.95. The van der Waals surface area contributed by atoms with Crippen LogP contribution in [0.15, 0.2) is 34.4 Å². The summed E-state index contributed by atoms with van der Waals surface area (Å²) in [7, 11) is -1.72. The topological polar surface area (TPSA) is 73.0 Å². The van der Waals surface area contributed by atoms with E-state index < -0.39 is 10.0 Å². The van der Waals surface area contributed by atoms with Crippen LogP contribution in [-0.2, 0) is 17.1 Å². The lowest BCUT2D eigenvalue weighted by Gasteiger charge is -2.30. The average Bonchev–Trinajstić information content (AvgIpc) is 3.08. The molecule has 0 aliphatic carbocycles. The zero-order valence-corrected chi connectivity index (χ0v) is 14.0. The number of hydrogen-bond acceptors (Lipinski definition) is 4. The van der Waals surface area contributed by atoms with Crippen LogP contribution in [0.5, 0.6) is 0 Å². The van der Waals surface area contributed by atoms with Gasteiger partial charge >= 0.3 is 0 Å². The first-order valence-corrected chi connectivity index (χ1v) is 8.88. The lowest BCUT2D eigenvalue weighted by molar-refractivity contribution is 0.260. The Morgan fingerprint density at radius 1 is 1.29 bits per heavy atom. The van der Waals surface area contributed by atoms with E-state index in [4.69, 9.17) is 0 Å². The molecule has 9 heteroatoms. The Kier molecular flexibility index (Phi) is 3.89. The predicted molar refractivity (Wildman–Crippen MR) is 80.2 cm³/mol. The molecule has 0 radical (unpaired) electrons. The maximum Gasteiger partial charge on any atom is 0.262 e. The quantitative estimate of drug-likeness (QED) is 0.814. The van der Waals surface area contributed by atoms with Crippen molar-refractivity contribution >= 4 is 26.0 Å². The van der Waals surface area contributed by atoms with Gasteiger partial charge in [-0.05, 0) is 28.8 Å². The molecule has 0 bridgehead atoms. The van der Waals surface area contributed by atoms with E-state index >= 15 is 0 Å². The van der Waals surface area contributed by atoms with Gasteiger partial charge < -0.3 is 4.57 Å². The zero-order valence-electron chi connectivity index (χ0n) is 11.6. The van der Waals surface area contributed by atoms with Crippen LogP contribution in [0, 0.1) is 0 Å². The van der Waals surface area contributed by atoms with Gasteiger partial charge in [0.05, 0.1) is 23.0 Å². The van der Waals surface area contributed by atoms with Crippen LogP contribution in [0.4, 0.5) is 0 Å². The summed E-state index contributed by atoms with van der Waals surface area (Å²) in [6.07, 6.45) is 8.21. The maximum atomic E-state index is 12.5. The SMILES string of the molecule is Cn1cnc(S(=O)(=O)N2CCC(n3cc(Br)cn3)CC2)c1. The predicted octanol–water partition coefficient (Wildman–Crippen LogP) is 1.40. The van der Waals surface area contributed by atoms with Gasteiger partial charge in [-0.25, -0.2) is 13.4 Å². The van der Waals surface area contributed by atoms with E-state index in [0.717, 1.165) is 17.3 Å². The van der Waals surface area contributed by atoms with E-state index in [-0.39, 0.29) is 11.1 Å². The van der Waals surface area contributed by atoms with Gasteiger partial charge in [0.2, 0.25) is 0 Å². The summed E-state index contributed by atoms with van der Waals surface area (Å²) < 4.78 is 30.9. The first-order valence-electron chi connectivity index (χ1n) is 6.64. The number of rotatable bonds is 3. The molecule has 2 aromatic rings. The van der Waals surface area contributed by atoms with Crippen LogP contribution in [0.1, 0.15) is 18.9 Å². The third-order valence-electron chi connectivity index (χ3n) is 3.65. The Morgan fingerprint density at radius 2 is 2.00 bits per heavy atom. The van der Waals surface area contributed by atoms with Crippen molar-refractivity contribution in [1.82, 2.24) is 23.6 Å². The van der Waals surface area contributed by atoms with Crippen LogP contribution >= 0.6 is 15.9 Å². The first-order chi connectivity index (χ1) is 9.96. The van der Waals surface area contributed by atoms with Gasteiger partial charge in [-0.3, -0.25) is 4.68 Å². The number of hydrogen-bond donors (Lipinski definition) is 0. The van der Waals surface area contributed by atoms with Gasteiger partial charge in [-0.1, -0.05) is 0 Å². The maximum absolute atomic E-state index is 12.5. The smallest absolute Gasteiger partial charge is 0.262 e. The molecule has 114 valence electrons. The van der Waals surface area contributed by atoms with Gasteiger partial charge in [-0.15, -0.1) is 0 Å². The highest BCUT2D eigenvalue weighted by atomic mass is 79.9. The Hall–Kier alpha value is -1.19. The molecule has 0 unspecified atom stereocenters. The lowest BCUT2D eigenvalue weighted by atomic mass is 10.1. The molecular formula is C12H16BrN5O2S. The molecule has 3 heterocycles. The van der Waals surface area contributed by atoms with Crippen molar-refractivity contribution in [3.8, 4) is 0 Å². The molecule has 3 rings (SSSR count). The fourth-order valence-electron chi connectivity index (χ4n) is 2.52. The molecule has 0 atom stereocenters. The molecular weight excluding hydrogens is 358 g/mol. The van der Waals surface area contributed by atoms with Crippen molar-refractivity contribution in [2.24, 2.45) is 7.05 Å². The third kappa shape index (κ3) is 2.90. The van der Waals surface area contributed by atoms with Crippen LogP contribution in [0.2, 0.25) is 0 Å². The molecule has 1 saturated heterocycles. The molecule has 0 amide bonds. The molecule has 21 heavy (non-hydrogen) atoms. The molecule has 0 aromatic carbocycles. The molecule has 1 aliphatic heterocycles. The minimum Gasteiger partial charge on any atom is -0.339 e. The first kappa shape index (κ1) is 14.7. The van der Waals surface area contributed by atoms with Crippen molar-refractivity contribution in [3.63, 3.8) is 0 Å². The second kappa shape index (κ2) is 5.54. The molecule has 1 fully saturated rings. The highest BCUT2D eigenvalue weighted by molar-refractivity contribution is 9.10. The fraction of sp³-hybridized carbons (Fsp3) is 0.500. The van der Waals surface area contributed by atoms with E-state index in [1.807, 2.05) is 10.9 Å². The summed E-state index contributed by atoms with van der Waals surface area (Å²) in [6.45, 7) is 0.974. The zero-order chi connectivity index (χ0) is 15.0. The van der Waals surface area contributed by atoms with Gasteiger partial charge in [-0.2, -0.15) is 9.40 Å². The number of sulfonamides is 1. The van der Waals surface area contributed by atoms with E-state index in [2.05, 4.69) is 26.0 Å². The number of halogens is 1. The molecule has 0 saturated carbocycles. The second-order valence-corrected chi connectivity index (χ2v) is 7.95. The largest absolute Gasteiger partial charge is 0.339 e. The van der Waals surface area contributed by atoms with E-state index in [0.29, 0.717) is 13.1 Å². The number of aromatic nitrogens is 4. The van der Waals surface area contributed by atoms with Gasteiger partial charge in [0, 0.05) is 32.5 Å². The van der Waals surface area contributed by atoms with Gasteiger partial charge in [0.15, 0.2) is 5.03 Å². The summed E-state index contributed by atoms with van der Waals surface area (Å²) in [5.74, 6) is 0. The van der Waals surface area contributed by atoms with Crippen LogP contribution in [-0.4, -0.2) is 45.1 Å². The van der Waals surface area contributed by atoms with Crippen LogP contribution < -0.4 is 0 Å². The Balaban J connectivity index is 1.71. The number of piperidine rings is 1. The highest BCUT2D eigenvalue weighted by Crippen LogP contribution is 2.26. The molecule has 0 N–H and O–H groups in total.